The summed E-state index contributed by atoms with van der Waals surface area (Å²) in [4.78, 5) is 2.56. The minimum atomic E-state index is 0.640. The van der Waals surface area contributed by atoms with Gasteiger partial charge in [0.15, 0.2) is 0 Å². The first-order valence-electron chi connectivity index (χ1n) is 6.23. The quantitative estimate of drug-likeness (QED) is 0.832. The number of hydrogen-bond acceptors (Lipinski definition) is 2. The molecule has 1 aromatic rings. The van der Waals surface area contributed by atoms with Crippen molar-refractivity contribution in [2.45, 2.75) is 25.9 Å². The molecule has 0 unspecified atom stereocenters. The van der Waals surface area contributed by atoms with E-state index in [0.717, 1.165) is 12.5 Å². The molecule has 16 heavy (non-hydrogen) atoms. The SMILES string of the molecule is CN[C@H](C)[C@@H]1CCN(Cc2ccccc2)C1. The highest BCUT2D eigenvalue weighted by Gasteiger charge is 2.25. The highest BCUT2D eigenvalue weighted by molar-refractivity contribution is 5.14. The number of hydrogen-bond donors (Lipinski definition) is 1. The number of benzene rings is 1. The lowest BCUT2D eigenvalue weighted by Crippen LogP contribution is -2.32. The van der Waals surface area contributed by atoms with Crippen LogP contribution in [0.1, 0.15) is 18.9 Å². The fourth-order valence-electron chi connectivity index (χ4n) is 2.49. The van der Waals surface area contributed by atoms with Crippen LogP contribution in [-0.2, 0) is 6.54 Å². The summed E-state index contributed by atoms with van der Waals surface area (Å²) in [6.45, 7) is 5.87. The summed E-state index contributed by atoms with van der Waals surface area (Å²) in [5, 5.41) is 3.36. The molecule has 2 rings (SSSR count). The first-order chi connectivity index (χ1) is 7.79. The molecule has 0 aliphatic carbocycles. The highest BCUT2D eigenvalue weighted by atomic mass is 15.1. The lowest BCUT2D eigenvalue weighted by atomic mass is 10.0. The van der Waals surface area contributed by atoms with Crippen molar-refractivity contribution < 1.29 is 0 Å². The molecule has 0 spiro atoms. The number of nitrogens with zero attached hydrogens (tertiary/aromatic N) is 1. The van der Waals surface area contributed by atoms with E-state index >= 15 is 0 Å². The molecule has 1 fully saturated rings. The Hall–Kier alpha value is -0.860. The third-order valence-corrected chi connectivity index (χ3v) is 3.72. The zero-order valence-corrected chi connectivity index (χ0v) is 10.3. The van der Waals surface area contributed by atoms with Crippen LogP contribution in [0.5, 0.6) is 0 Å². The fourth-order valence-corrected chi connectivity index (χ4v) is 2.49. The normalized spacial score (nSPS) is 23.5. The van der Waals surface area contributed by atoms with Gasteiger partial charge in [0.2, 0.25) is 0 Å². The molecule has 1 aliphatic rings. The zero-order valence-electron chi connectivity index (χ0n) is 10.3. The minimum absolute atomic E-state index is 0.640. The summed E-state index contributed by atoms with van der Waals surface area (Å²) in [7, 11) is 2.06. The smallest absolute Gasteiger partial charge is 0.0233 e. The Morgan fingerprint density at radius 2 is 2.12 bits per heavy atom. The van der Waals surface area contributed by atoms with E-state index in [0.29, 0.717) is 6.04 Å². The Morgan fingerprint density at radius 3 is 2.81 bits per heavy atom. The highest BCUT2D eigenvalue weighted by Crippen LogP contribution is 2.21. The standard InChI is InChI=1S/C14H22N2/c1-12(15-2)14-8-9-16(11-14)10-13-6-4-3-5-7-13/h3-7,12,14-15H,8-11H2,1-2H3/t12-,14-/m1/s1. The second kappa shape index (κ2) is 5.46. The molecule has 1 aromatic carbocycles. The second-order valence-electron chi connectivity index (χ2n) is 4.85. The van der Waals surface area contributed by atoms with Crippen LogP contribution >= 0.6 is 0 Å². The van der Waals surface area contributed by atoms with Gasteiger partial charge in [-0.15, -0.1) is 0 Å². The van der Waals surface area contributed by atoms with Gasteiger partial charge in [-0.25, -0.2) is 0 Å². The minimum Gasteiger partial charge on any atom is -0.317 e. The van der Waals surface area contributed by atoms with E-state index in [1.54, 1.807) is 0 Å². The average molecular weight is 218 g/mol. The molecule has 0 amide bonds. The lowest BCUT2D eigenvalue weighted by Gasteiger charge is -2.20. The predicted octanol–water partition coefficient (Wildman–Crippen LogP) is 2.12. The van der Waals surface area contributed by atoms with Gasteiger partial charge < -0.3 is 5.32 Å². The predicted molar refractivity (Wildman–Crippen MR) is 68.3 cm³/mol. The Morgan fingerprint density at radius 1 is 1.38 bits per heavy atom. The van der Waals surface area contributed by atoms with Gasteiger partial charge in [-0.1, -0.05) is 30.3 Å². The van der Waals surface area contributed by atoms with Crippen LogP contribution in [0.2, 0.25) is 0 Å². The van der Waals surface area contributed by atoms with Gasteiger partial charge in [-0.3, -0.25) is 4.90 Å². The fraction of sp³-hybridized carbons (Fsp3) is 0.571. The summed E-state index contributed by atoms with van der Waals surface area (Å²) in [5.41, 5.74) is 1.43. The van der Waals surface area contributed by atoms with Gasteiger partial charge >= 0.3 is 0 Å². The third kappa shape index (κ3) is 2.83. The molecule has 1 aliphatic heterocycles. The van der Waals surface area contributed by atoms with Crippen molar-refractivity contribution in [2.75, 3.05) is 20.1 Å². The van der Waals surface area contributed by atoms with E-state index in [1.807, 2.05) is 0 Å². The van der Waals surface area contributed by atoms with Gasteiger partial charge in [-0.05, 0) is 38.4 Å². The Bertz CT molecular complexity index is 310. The average Bonchev–Trinajstić information content (AvgIpc) is 2.78. The maximum atomic E-state index is 3.36. The summed E-state index contributed by atoms with van der Waals surface area (Å²) in [5.74, 6) is 0.814. The molecule has 0 bridgehead atoms. The van der Waals surface area contributed by atoms with Gasteiger partial charge in [0.25, 0.3) is 0 Å². The Kier molecular flexibility index (Phi) is 3.97. The van der Waals surface area contributed by atoms with Gasteiger partial charge in [0, 0.05) is 19.1 Å². The van der Waals surface area contributed by atoms with Crippen LogP contribution < -0.4 is 5.32 Å². The zero-order chi connectivity index (χ0) is 11.4. The molecular weight excluding hydrogens is 196 g/mol. The molecule has 0 radical (unpaired) electrons. The van der Waals surface area contributed by atoms with E-state index < -0.39 is 0 Å². The molecule has 1 N–H and O–H groups in total. The maximum Gasteiger partial charge on any atom is 0.0233 e. The van der Waals surface area contributed by atoms with E-state index in [4.69, 9.17) is 0 Å². The first-order valence-corrected chi connectivity index (χ1v) is 6.23. The van der Waals surface area contributed by atoms with E-state index in [-0.39, 0.29) is 0 Å². The maximum absolute atomic E-state index is 3.36. The summed E-state index contributed by atoms with van der Waals surface area (Å²) in [6, 6.07) is 11.4. The molecule has 1 heterocycles. The van der Waals surface area contributed by atoms with Crippen LogP contribution in [0.4, 0.5) is 0 Å². The summed E-state index contributed by atoms with van der Waals surface area (Å²) >= 11 is 0. The number of nitrogens with one attached hydrogen (secondary N) is 1. The van der Waals surface area contributed by atoms with Crippen molar-refractivity contribution in [1.29, 1.82) is 0 Å². The summed E-state index contributed by atoms with van der Waals surface area (Å²) in [6.07, 6.45) is 1.33. The molecule has 0 saturated carbocycles. The number of rotatable bonds is 4. The first kappa shape index (κ1) is 11.6. The van der Waals surface area contributed by atoms with Crippen LogP contribution in [-0.4, -0.2) is 31.1 Å². The van der Waals surface area contributed by atoms with Crippen molar-refractivity contribution in [3.05, 3.63) is 35.9 Å². The Balaban J connectivity index is 1.85. The summed E-state index contributed by atoms with van der Waals surface area (Å²) < 4.78 is 0. The van der Waals surface area contributed by atoms with Crippen LogP contribution in [0.3, 0.4) is 0 Å². The van der Waals surface area contributed by atoms with Gasteiger partial charge in [0.1, 0.15) is 0 Å². The van der Waals surface area contributed by atoms with Crippen molar-refractivity contribution in [3.8, 4) is 0 Å². The molecular formula is C14H22N2. The van der Waals surface area contributed by atoms with E-state index in [1.165, 1.54) is 25.1 Å². The molecule has 2 nitrogen and oxygen atoms in total. The van der Waals surface area contributed by atoms with Crippen molar-refractivity contribution in [1.82, 2.24) is 10.2 Å². The van der Waals surface area contributed by atoms with Crippen molar-refractivity contribution in [3.63, 3.8) is 0 Å². The topological polar surface area (TPSA) is 15.3 Å². The van der Waals surface area contributed by atoms with Crippen LogP contribution in [0.15, 0.2) is 30.3 Å². The molecule has 88 valence electrons. The molecule has 2 heteroatoms. The van der Waals surface area contributed by atoms with E-state index in [9.17, 15) is 0 Å². The van der Waals surface area contributed by atoms with Crippen LogP contribution in [0, 0.1) is 5.92 Å². The monoisotopic (exact) mass is 218 g/mol. The Labute approximate surface area is 98.7 Å². The largest absolute Gasteiger partial charge is 0.317 e. The van der Waals surface area contributed by atoms with Crippen molar-refractivity contribution >= 4 is 0 Å². The lowest BCUT2D eigenvalue weighted by molar-refractivity contribution is 0.301. The van der Waals surface area contributed by atoms with E-state index in [2.05, 4.69) is 54.5 Å². The number of likely N-dealkylation sites (tertiary alicyclic amines) is 1. The van der Waals surface area contributed by atoms with Crippen LogP contribution in [0.25, 0.3) is 0 Å². The molecule has 1 saturated heterocycles. The second-order valence-corrected chi connectivity index (χ2v) is 4.85. The van der Waals surface area contributed by atoms with Gasteiger partial charge in [0.05, 0.1) is 0 Å². The molecule has 2 atom stereocenters. The van der Waals surface area contributed by atoms with Crippen molar-refractivity contribution in [2.24, 2.45) is 5.92 Å². The van der Waals surface area contributed by atoms with Gasteiger partial charge in [-0.2, -0.15) is 0 Å². The molecule has 0 aromatic heterocycles. The third-order valence-electron chi connectivity index (χ3n) is 3.72.